The van der Waals surface area contributed by atoms with Gasteiger partial charge in [0.2, 0.25) is 0 Å². The zero-order chi connectivity index (χ0) is 14.8. The molecule has 0 saturated heterocycles. The lowest BCUT2D eigenvalue weighted by Crippen LogP contribution is -2.47. The van der Waals surface area contributed by atoms with Crippen LogP contribution in [0.3, 0.4) is 0 Å². The Bertz CT molecular complexity index is 356. The van der Waals surface area contributed by atoms with E-state index in [4.69, 9.17) is 5.11 Å². The fraction of sp³-hybridized carbons (Fsp3) is 0.600. The molecule has 0 aliphatic rings. The second-order valence-corrected chi connectivity index (χ2v) is 3.41. The summed E-state index contributed by atoms with van der Waals surface area (Å²) in [6, 6.07) is -2.10. The third-order valence-corrected chi connectivity index (χ3v) is 2.09. The number of aliphatic carboxylic acids is 1. The Morgan fingerprint density at radius 2 is 1.68 bits per heavy atom. The van der Waals surface area contributed by atoms with Gasteiger partial charge in [-0.1, -0.05) is 0 Å². The van der Waals surface area contributed by atoms with E-state index in [1.54, 1.807) is 0 Å². The van der Waals surface area contributed by atoms with Gasteiger partial charge in [-0.2, -0.15) is 0 Å². The third-order valence-electron chi connectivity index (χ3n) is 2.09. The molecule has 9 heteroatoms. The van der Waals surface area contributed by atoms with Crippen LogP contribution in [0.1, 0.15) is 12.8 Å². The molecule has 1 atom stereocenters. The zero-order valence-corrected chi connectivity index (χ0v) is 10.6. The molecule has 0 aromatic heterocycles. The van der Waals surface area contributed by atoms with Gasteiger partial charge >= 0.3 is 23.9 Å². The molecule has 0 unspecified atom stereocenters. The minimum atomic E-state index is -1.29. The maximum atomic E-state index is 11.3. The summed E-state index contributed by atoms with van der Waals surface area (Å²) in [5.41, 5.74) is 0. The highest BCUT2D eigenvalue weighted by Gasteiger charge is 2.21. The molecule has 0 rings (SSSR count). The van der Waals surface area contributed by atoms with E-state index in [1.807, 2.05) is 0 Å². The van der Waals surface area contributed by atoms with Gasteiger partial charge in [0.1, 0.15) is 12.6 Å². The first-order valence-electron chi connectivity index (χ1n) is 5.31. The molecule has 9 nitrogen and oxygen atoms in total. The molecule has 0 bridgehead atoms. The summed E-state index contributed by atoms with van der Waals surface area (Å²) in [6.45, 7) is -0.383. The molecular formula is C10H16N2O7. The molecular weight excluding hydrogens is 260 g/mol. The van der Waals surface area contributed by atoms with Gasteiger partial charge in [0.15, 0.2) is 0 Å². The number of hydrogen-bond donors (Lipinski definition) is 3. The number of carbonyl (C=O) groups excluding carboxylic acids is 3. The van der Waals surface area contributed by atoms with E-state index in [0.717, 1.165) is 7.11 Å². The van der Waals surface area contributed by atoms with Crippen molar-refractivity contribution >= 4 is 23.9 Å². The number of esters is 2. The van der Waals surface area contributed by atoms with Gasteiger partial charge in [-0.3, -0.25) is 9.59 Å². The van der Waals surface area contributed by atoms with Crippen LogP contribution in [0.5, 0.6) is 0 Å². The summed E-state index contributed by atoms with van der Waals surface area (Å²) in [5.74, 6) is -2.54. The molecule has 0 radical (unpaired) electrons. The van der Waals surface area contributed by atoms with Crippen LogP contribution >= 0.6 is 0 Å². The van der Waals surface area contributed by atoms with Crippen LogP contribution in [-0.2, 0) is 23.9 Å². The minimum Gasteiger partial charge on any atom is -0.480 e. The number of carbonyl (C=O) groups is 4. The van der Waals surface area contributed by atoms with E-state index >= 15 is 0 Å². The SMILES string of the molecule is COC(=O)CC[C@@H](NC(=O)NCC(=O)OC)C(=O)O. The highest BCUT2D eigenvalue weighted by molar-refractivity contribution is 5.85. The predicted molar refractivity (Wildman–Crippen MR) is 61.2 cm³/mol. The maximum absolute atomic E-state index is 11.3. The number of carboxylic acids is 1. The van der Waals surface area contributed by atoms with Gasteiger partial charge in [-0.05, 0) is 6.42 Å². The normalized spacial score (nSPS) is 11.1. The Morgan fingerprint density at radius 3 is 2.16 bits per heavy atom. The monoisotopic (exact) mass is 276 g/mol. The van der Waals surface area contributed by atoms with Crippen molar-refractivity contribution in [3.05, 3.63) is 0 Å². The molecule has 0 fully saturated rings. The molecule has 3 N–H and O–H groups in total. The molecule has 0 aliphatic heterocycles. The van der Waals surface area contributed by atoms with E-state index in [-0.39, 0.29) is 19.4 Å². The first kappa shape index (κ1) is 16.7. The molecule has 0 saturated carbocycles. The molecule has 0 spiro atoms. The predicted octanol–water partition coefficient (Wildman–Crippen LogP) is -1.13. The number of amides is 2. The molecule has 0 aromatic rings. The average Bonchev–Trinajstić information content (AvgIpc) is 2.39. The lowest BCUT2D eigenvalue weighted by molar-refractivity contribution is -0.142. The summed E-state index contributed by atoms with van der Waals surface area (Å²) in [5, 5.41) is 13.1. The van der Waals surface area contributed by atoms with Crippen molar-refractivity contribution in [2.24, 2.45) is 0 Å². The minimum absolute atomic E-state index is 0.117. The number of methoxy groups -OCH3 is 2. The van der Waals surface area contributed by atoms with Gasteiger partial charge in [-0.25, -0.2) is 9.59 Å². The second-order valence-electron chi connectivity index (χ2n) is 3.41. The Balaban J connectivity index is 4.19. The van der Waals surface area contributed by atoms with E-state index in [0.29, 0.717) is 0 Å². The molecule has 0 heterocycles. The van der Waals surface area contributed by atoms with Crippen LogP contribution in [0.2, 0.25) is 0 Å². The Hall–Kier alpha value is -2.32. The number of rotatable bonds is 7. The fourth-order valence-electron chi connectivity index (χ4n) is 1.06. The van der Waals surface area contributed by atoms with Gasteiger partial charge in [-0.15, -0.1) is 0 Å². The number of carboxylic acid groups (broad SMARTS) is 1. The summed E-state index contributed by atoms with van der Waals surface area (Å²) in [7, 11) is 2.33. The second kappa shape index (κ2) is 8.72. The lowest BCUT2D eigenvalue weighted by Gasteiger charge is -2.14. The van der Waals surface area contributed by atoms with Crippen LogP contribution in [0, 0.1) is 0 Å². The topological polar surface area (TPSA) is 131 Å². The Kier molecular flexibility index (Phi) is 7.66. The number of ether oxygens (including phenoxy) is 2. The van der Waals surface area contributed by atoms with Crippen molar-refractivity contribution in [2.75, 3.05) is 20.8 Å². The summed E-state index contributed by atoms with van der Waals surface area (Å²) < 4.78 is 8.65. The molecule has 19 heavy (non-hydrogen) atoms. The summed E-state index contributed by atoms with van der Waals surface area (Å²) in [6.07, 6.45) is -0.265. The Labute approximate surface area is 109 Å². The van der Waals surface area contributed by atoms with E-state index in [9.17, 15) is 19.2 Å². The fourth-order valence-corrected chi connectivity index (χ4v) is 1.06. The standard InChI is InChI=1S/C10H16N2O7/c1-18-7(13)4-3-6(9(15)16)12-10(17)11-5-8(14)19-2/h6H,3-5H2,1-2H3,(H,15,16)(H2,11,12,17)/t6-/m1/s1. The van der Waals surface area contributed by atoms with Crippen molar-refractivity contribution < 1.29 is 33.8 Å². The number of hydrogen-bond acceptors (Lipinski definition) is 6. The van der Waals surface area contributed by atoms with E-state index in [1.165, 1.54) is 7.11 Å². The van der Waals surface area contributed by atoms with Crippen molar-refractivity contribution in [1.82, 2.24) is 10.6 Å². The molecule has 2 amide bonds. The van der Waals surface area contributed by atoms with Crippen molar-refractivity contribution in [2.45, 2.75) is 18.9 Å². The summed E-state index contributed by atoms with van der Waals surface area (Å²) >= 11 is 0. The molecule has 0 aromatic carbocycles. The quantitative estimate of drug-likeness (QED) is 0.501. The van der Waals surface area contributed by atoms with E-state index in [2.05, 4.69) is 20.1 Å². The zero-order valence-electron chi connectivity index (χ0n) is 10.6. The third kappa shape index (κ3) is 7.58. The highest BCUT2D eigenvalue weighted by atomic mass is 16.5. The van der Waals surface area contributed by atoms with E-state index < -0.39 is 30.0 Å². The molecule has 108 valence electrons. The first-order chi connectivity index (χ1) is 8.90. The van der Waals surface area contributed by atoms with Crippen molar-refractivity contribution in [3.8, 4) is 0 Å². The number of nitrogens with one attached hydrogen (secondary N) is 2. The van der Waals surface area contributed by atoms with Gasteiger partial charge < -0.3 is 25.2 Å². The molecule has 0 aliphatic carbocycles. The lowest BCUT2D eigenvalue weighted by atomic mass is 10.1. The maximum Gasteiger partial charge on any atom is 0.326 e. The van der Waals surface area contributed by atoms with Crippen LogP contribution in [0.25, 0.3) is 0 Å². The van der Waals surface area contributed by atoms with Crippen molar-refractivity contribution in [3.63, 3.8) is 0 Å². The average molecular weight is 276 g/mol. The Morgan fingerprint density at radius 1 is 1.11 bits per heavy atom. The number of urea groups is 1. The van der Waals surface area contributed by atoms with Crippen LogP contribution < -0.4 is 10.6 Å². The first-order valence-corrected chi connectivity index (χ1v) is 5.31. The highest BCUT2D eigenvalue weighted by Crippen LogP contribution is 1.99. The van der Waals surface area contributed by atoms with Gasteiger partial charge in [0.05, 0.1) is 14.2 Å². The van der Waals surface area contributed by atoms with Crippen LogP contribution in [0.4, 0.5) is 4.79 Å². The smallest absolute Gasteiger partial charge is 0.326 e. The summed E-state index contributed by atoms with van der Waals surface area (Å²) in [4.78, 5) is 43.7. The largest absolute Gasteiger partial charge is 0.480 e. The van der Waals surface area contributed by atoms with Gasteiger partial charge in [0, 0.05) is 6.42 Å². The van der Waals surface area contributed by atoms with Crippen molar-refractivity contribution in [1.29, 1.82) is 0 Å². The van der Waals surface area contributed by atoms with Gasteiger partial charge in [0.25, 0.3) is 0 Å². The van der Waals surface area contributed by atoms with Crippen LogP contribution in [0.15, 0.2) is 0 Å². The van der Waals surface area contributed by atoms with Crippen LogP contribution in [-0.4, -0.2) is 55.9 Å².